The first-order chi connectivity index (χ1) is 9.31. The van der Waals surface area contributed by atoms with Crippen molar-refractivity contribution in [2.75, 3.05) is 23.4 Å². The van der Waals surface area contributed by atoms with Crippen molar-refractivity contribution in [1.82, 2.24) is 20.1 Å². The molecule has 0 aliphatic heterocycles. The van der Waals surface area contributed by atoms with E-state index in [9.17, 15) is 0 Å². The maximum absolute atomic E-state index is 4.67. The second kappa shape index (κ2) is 6.93. The molecule has 0 atom stereocenters. The highest BCUT2D eigenvalue weighted by atomic mass is 32.2. The molecule has 0 spiro atoms. The Morgan fingerprint density at radius 3 is 2.68 bits per heavy atom. The van der Waals surface area contributed by atoms with Gasteiger partial charge in [0.15, 0.2) is 11.0 Å². The van der Waals surface area contributed by atoms with Crippen LogP contribution in [0, 0.1) is 0 Å². The third kappa shape index (κ3) is 4.09. The van der Waals surface area contributed by atoms with E-state index in [0.717, 1.165) is 29.8 Å². The Kier molecular flexibility index (Phi) is 4.96. The number of nitrogens with one attached hydrogen (secondary N) is 2. The van der Waals surface area contributed by atoms with E-state index in [1.165, 1.54) is 18.2 Å². The summed E-state index contributed by atoms with van der Waals surface area (Å²) in [4.78, 5) is 12.7. The van der Waals surface area contributed by atoms with E-state index in [-0.39, 0.29) is 0 Å². The van der Waals surface area contributed by atoms with E-state index in [0.29, 0.717) is 12.4 Å². The summed E-state index contributed by atoms with van der Waals surface area (Å²) in [6.07, 6.45) is 4.30. The number of aromatic nitrogens is 4. The van der Waals surface area contributed by atoms with Crippen LogP contribution in [0.2, 0.25) is 0 Å². The van der Waals surface area contributed by atoms with Crippen molar-refractivity contribution in [2.45, 2.75) is 25.0 Å². The minimum Gasteiger partial charge on any atom is -0.370 e. The Balaban J connectivity index is 2.05. The van der Waals surface area contributed by atoms with Crippen LogP contribution in [0.5, 0.6) is 0 Å². The molecule has 2 aromatic rings. The molecule has 2 N–H and O–H groups in total. The highest BCUT2D eigenvalue weighted by Gasteiger charge is 2.05. The molecule has 0 bridgehead atoms. The minimum atomic E-state index is 0.467. The molecule has 0 fully saturated rings. The van der Waals surface area contributed by atoms with Gasteiger partial charge in [-0.15, -0.1) is 0 Å². The Labute approximate surface area is 115 Å². The third-order valence-electron chi connectivity index (χ3n) is 2.28. The van der Waals surface area contributed by atoms with E-state index in [4.69, 9.17) is 0 Å². The van der Waals surface area contributed by atoms with Crippen LogP contribution in [0.1, 0.15) is 19.2 Å². The summed E-state index contributed by atoms with van der Waals surface area (Å²) in [5, 5.41) is 10.8. The van der Waals surface area contributed by atoms with Crippen LogP contribution in [0.25, 0.3) is 0 Å². The zero-order valence-corrected chi connectivity index (χ0v) is 11.7. The number of nitrogens with zero attached hydrogens (tertiary/aromatic N) is 4. The van der Waals surface area contributed by atoms with Crippen LogP contribution in [0.3, 0.4) is 0 Å². The fourth-order valence-electron chi connectivity index (χ4n) is 1.39. The van der Waals surface area contributed by atoms with Crippen molar-refractivity contribution in [1.29, 1.82) is 0 Å². The lowest BCUT2D eigenvalue weighted by molar-refractivity contribution is 0.411. The fourth-order valence-corrected chi connectivity index (χ4v) is 1.77. The van der Waals surface area contributed by atoms with E-state index in [1.807, 2.05) is 12.3 Å². The molecule has 2 aromatic heterocycles. The molecule has 0 unspecified atom stereocenters. The lowest BCUT2D eigenvalue weighted by Gasteiger charge is -2.09. The van der Waals surface area contributed by atoms with Crippen LogP contribution in [-0.4, -0.2) is 32.9 Å². The van der Waals surface area contributed by atoms with Crippen molar-refractivity contribution in [3.8, 4) is 0 Å². The number of rotatable bonds is 7. The number of thioether (sulfide) groups is 1. The van der Waals surface area contributed by atoms with E-state index in [1.54, 1.807) is 0 Å². The first kappa shape index (κ1) is 13.6. The number of hydrogen-bond acceptors (Lipinski definition) is 8. The molecule has 0 aliphatic carbocycles. The summed E-state index contributed by atoms with van der Waals surface area (Å²) < 4.78 is 4.67. The molecule has 0 radical (unpaired) electrons. The van der Waals surface area contributed by atoms with Crippen LogP contribution in [-0.2, 0) is 6.54 Å². The van der Waals surface area contributed by atoms with Crippen molar-refractivity contribution >= 4 is 23.4 Å². The molecular formula is C11H16N6OS. The quantitative estimate of drug-likeness (QED) is 0.588. The van der Waals surface area contributed by atoms with Gasteiger partial charge in [-0.3, -0.25) is 0 Å². The van der Waals surface area contributed by atoms with Crippen molar-refractivity contribution < 1.29 is 4.52 Å². The molecule has 0 saturated carbocycles. The highest BCUT2D eigenvalue weighted by molar-refractivity contribution is 7.98. The highest BCUT2D eigenvalue weighted by Crippen LogP contribution is 2.17. The molecule has 19 heavy (non-hydrogen) atoms. The van der Waals surface area contributed by atoms with Gasteiger partial charge in [-0.1, -0.05) is 23.8 Å². The maximum Gasteiger partial charge on any atom is 0.213 e. The predicted molar refractivity (Wildman–Crippen MR) is 74.2 cm³/mol. The maximum atomic E-state index is 4.67. The molecule has 0 aromatic carbocycles. The van der Waals surface area contributed by atoms with Gasteiger partial charge in [0.2, 0.25) is 6.39 Å². The summed E-state index contributed by atoms with van der Waals surface area (Å²) in [5.74, 6) is 2.15. The number of anilines is 2. The molecule has 8 heteroatoms. The van der Waals surface area contributed by atoms with Gasteiger partial charge in [0.1, 0.15) is 11.6 Å². The van der Waals surface area contributed by atoms with E-state index >= 15 is 0 Å². The zero-order valence-electron chi connectivity index (χ0n) is 10.9. The van der Waals surface area contributed by atoms with Crippen LogP contribution >= 0.6 is 11.8 Å². The first-order valence-corrected chi connectivity index (χ1v) is 7.20. The topological polar surface area (TPSA) is 88.8 Å². The lowest BCUT2D eigenvalue weighted by atomic mass is 10.4. The molecule has 0 aliphatic rings. The Hall–Kier alpha value is -1.83. The van der Waals surface area contributed by atoms with E-state index in [2.05, 4.69) is 42.2 Å². The summed E-state index contributed by atoms with van der Waals surface area (Å²) in [6.45, 7) is 3.46. The zero-order chi connectivity index (χ0) is 13.5. The molecule has 0 amide bonds. The Bertz CT molecular complexity index is 504. The first-order valence-electron chi connectivity index (χ1n) is 5.98. The molecule has 2 heterocycles. The van der Waals surface area contributed by atoms with Gasteiger partial charge in [0.25, 0.3) is 0 Å². The van der Waals surface area contributed by atoms with Crippen molar-refractivity contribution in [3.05, 3.63) is 18.3 Å². The van der Waals surface area contributed by atoms with Crippen LogP contribution < -0.4 is 10.6 Å². The summed E-state index contributed by atoms with van der Waals surface area (Å²) in [7, 11) is 0. The smallest absolute Gasteiger partial charge is 0.213 e. The average Bonchev–Trinajstić information content (AvgIpc) is 2.96. The van der Waals surface area contributed by atoms with Gasteiger partial charge in [-0.05, 0) is 12.7 Å². The van der Waals surface area contributed by atoms with Gasteiger partial charge in [0, 0.05) is 12.6 Å². The molecular weight excluding hydrogens is 264 g/mol. The predicted octanol–water partition coefficient (Wildman–Crippen LogP) is 2.02. The van der Waals surface area contributed by atoms with Crippen LogP contribution in [0.15, 0.2) is 22.1 Å². The van der Waals surface area contributed by atoms with Gasteiger partial charge in [0.05, 0.1) is 6.54 Å². The monoisotopic (exact) mass is 280 g/mol. The van der Waals surface area contributed by atoms with Gasteiger partial charge < -0.3 is 15.2 Å². The molecule has 2 rings (SSSR count). The second-order valence-electron chi connectivity index (χ2n) is 3.75. The number of hydrogen-bond donors (Lipinski definition) is 2. The van der Waals surface area contributed by atoms with Gasteiger partial charge >= 0.3 is 0 Å². The summed E-state index contributed by atoms with van der Waals surface area (Å²) in [5.41, 5.74) is 0. The third-order valence-corrected chi connectivity index (χ3v) is 2.83. The van der Waals surface area contributed by atoms with Gasteiger partial charge in [-0.2, -0.15) is 4.98 Å². The molecule has 102 valence electrons. The summed E-state index contributed by atoms with van der Waals surface area (Å²) >= 11 is 1.50. The van der Waals surface area contributed by atoms with E-state index < -0.39 is 0 Å². The minimum absolute atomic E-state index is 0.467. The van der Waals surface area contributed by atoms with Gasteiger partial charge in [-0.25, -0.2) is 9.97 Å². The molecule has 7 nitrogen and oxygen atoms in total. The largest absolute Gasteiger partial charge is 0.370 e. The normalized spacial score (nSPS) is 10.4. The SMILES string of the molecule is CCCNc1cc(NCc2ncon2)nc(SC)n1. The molecule has 0 saturated heterocycles. The van der Waals surface area contributed by atoms with Crippen molar-refractivity contribution in [3.63, 3.8) is 0 Å². The lowest BCUT2D eigenvalue weighted by Crippen LogP contribution is -2.07. The standard InChI is InChI=1S/C11H16N6OS/c1-3-4-12-8-5-9(16-11(15-8)19-2)13-6-10-14-7-18-17-10/h5,7H,3-4,6H2,1-2H3,(H2,12,13,15,16). The fraction of sp³-hybridized carbons (Fsp3) is 0.455. The Morgan fingerprint density at radius 1 is 1.26 bits per heavy atom. The Morgan fingerprint density at radius 2 is 2.05 bits per heavy atom. The second-order valence-corrected chi connectivity index (χ2v) is 4.53. The van der Waals surface area contributed by atoms with Crippen LogP contribution in [0.4, 0.5) is 11.6 Å². The van der Waals surface area contributed by atoms with Crippen molar-refractivity contribution in [2.24, 2.45) is 0 Å². The average molecular weight is 280 g/mol. The summed E-state index contributed by atoms with van der Waals surface area (Å²) in [6, 6.07) is 1.87.